The molecule has 2 nitrogen and oxygen atoms in total. The lowest BCUT2D eigenvalue weighted by Gasteiger charge is -2.00. The van der Waals surface area contributed by atoms with Crippen LogP contribution in [0.4, 0.5) is 0 Å². The first-order valence-electron chi connectivity index (χ1n) is 4.08. The second-order valence-electron chi connectivity index (χ2n) is 2.73. The topological polar surface area (TPSA) is 38.4 Å². The van der Waals surface area contributed by atoms with Crippen LogP contribution in [0.3, 0.4) is 0 Å². The van der Waals surface area contributed by atoms with Crippen LogP contribution in [0.15, 0.2) is 40.4 Å². The van der Waals surface area contributed by atoms with Crippen LogP contribution in [0.2, 0.25) is 5.02 Å². The van der Waals surface area contributed by atoms with Gasteiger partial charge < -0.3 is 5.73 Å². The van der Waals surface area contributed by atoms with Crippen molar-refractivity contribution in [1.29, 1.82) is 0 Å². The molecule has 1 aromatic rings. The van der Waals surface area contributed by atoms with Crippen LogP contribution in [0, 0.1) is 0 Å². The quantitative estimate of drug-likeness (QED) is 0.464. The minimum atomic E-state index is 0.709. The third kappa shape index (κ3) is 3.85. The molecule has 2 N–H and O–H groups in total. The van der Waals surface area contributed by atoms with Gasteiger partial charge in [-0.15, -0.1) is 12.6 Å². The number of nitrogens with zero attached hydrogens (tertiary/aromatic N) is 1. The molecule has 74 valence electrons. The molecular formula is C10H11ClN2S. The molecule has 14 heavy (non-hydrogen) atoms. The molecule has 0 radical (unpaired) electrons. The van der Waals surface area contributed by atoms with Gasteiger partial charge >= 0.3 is 0 Å². The van der Waals surface area contributed by atoms with E-state index >= 15 is 0 Å². The van der Waals surface area contributed by atoms with Crippen molar-refractivity contribution in [2.75, 3.05) is 0 Å². The molecule has 0 heterocycles. The minimum absolute atomic E-state index is 0.709. The average molecular weight is 227 g/mol. The van der Waals surface area contributed by atoms with Crippen LogP contribution in [-0.4, -0.2) is 6.34 Å². The van der Waals surface area contributed by atoms with Crippen molar-refractivity contribution in [3.8, 4) is 0 Å². The Kier molecular flexibility index (Phi) is 4.56. The third-order valence-corrected chi connectivity index (χ3v) is 2.09. The maximum atomic E-state index is 5.84. The second-order valence-corrected chi connectivity index (χ2v) is 3.74. The van der Waals surface area contributed by atoms with Crippen LogP contribution >= 0.6 is 24.2 Å². The van der Waals surface area contributed by atoms with Crippen molar-refractivity contribution >= 4 is 30.6 Å². The van der Waals surface area contributed by atoms with Gasteiger partial charge in [0, 0.05) is 22.5 Å². The molecular weight excluding hydrogens is 216 g/mol. The van der Waals surface area contributed by atoms with E-state index in [1.165, 1.54) is 6.34 Å². The normalized spacial score (nSPS) is 12.3. The smallest absolute Gasteiger partial charge is 0.0853 e. The second kappa shape index (κ2) is 5.73. The fourth-order valence-electron chi connectivity index (χ4n) is 1.03. The summed E-state index contributed by atoms with van der Waals surface area (Å²) in [5.74, 6) is 0. The molecule has 0 aliphatic carbocycles. The maximum Gasteiger partial charge on any atom is 0.0853 e. The van der Waals surface area contributed by atoms with Gasteiger partial charge in [0.1, 0.15) is 0 Å². The van der Waals surface area contributed by atoms with Crippen molar-refractivity contribution in [2.24, 2.45) is 10.7 Å². The van der Waals surface area contributed by atoms with Gasteiger partial charge in [-0.1, -0.05) is 23.7 Å². The van der Waals surface area contributed by atoms with Gasteiger partial charge in [0.25, 0.3) is 0 Å². The molecule has 4 heteroatoms. The standard InChI is InChI=1S/C10H11ClN2S/c11-9-3-1-2-8(4-9)5-10(14)6-13-7-12/h1-4,6-7,14H,5H2,(H2,12,13)/b10-6-. The lowest BCUT2D eigenvalue weighted by molar-refractivity contribution is 1.23. The van der Waals surface area contributed by atoms with Gasteiger partial charge in [0.2, 0.25) is 0 Å². The number of halogens is 1. The highest BCUT2D eigenvalue weighted by molar-refractivity contribution is 7.84. The van der Waals surface area contributed by atoms with Gasteiger partial charge in [0.05, 0.1) is 6.34 Å². The molecule has 0 fully saturated rings. The zero-order valence-electron chi connectivity index (χ0n) is 7.52. The Labute approximate surface area is 93.9 Å². The zero-order chi connectivity index (χ0) is 10.4. The van der Waals surface area contributed by atoms with Crippen molar-refractivity contribution in [1.82, 2.24) is 0 Å². The van der Waals surface area contributed by atoms with E-state index in [-0.39, 0.29) is 0 Å². The number of hydrogen-bond acceptors (Lipinski definition) is 2. The molecule has 0 saturated heterocycles. The van der Waals surface area contributed by atoms with Crippen LogP contribution in [0.25, 0.3) is 0 Å². The first-order valence-corrected chi connectivity index (χ1v) is 4.90. The largest absolute Gasteiger partial charge is 0.390 e. The summed E-state index contributed by atoms with van der Waals surface area (Å²) in [5.41, 5.74) is 6.21. The summed E-state index contributed by atoms with van der Waals surface area (Å²) in [6, 6.07) is 7.63. The molecule has 0 spiro atoms. The summed E-state index contributed by atoms with van der Waals surface area (Å²) < 4.78 is 0. The van der Waals surface area contributed by atoms with Crippen molar-refractivity contribution < 1.29 is 0 Å². The fourth-order valence-corrected chi connectivity index (χ4v) is 1.49. The van der Waals surface area contributed by atoms with Crippen molar-refractivity contribution in [2.45, 2.75) is 6.42 Å². The SMILES string of the molecule is NC=N/C=C(\S)Cc1cccc(Cl)c1. The summed E-state index contributed by atoms with van der Waals surface area (Å²) in [5, 5.41) is 0.728. The van der Waals surface area contributed by atoms with Crippen molar-refractivity contribution in [3.05, 3.63) is 46.0 Å². The number of allylic oxidation sites excluding steroid dienone is 1. The van der Waals surface area contributed by atoms with E-state index in [0.29, 0.717) is 6.42 Å². The Hall–Kier alpha value is -0.930. The molecule has 0 aliphatic heterocycles. The Bertz CT molecular complexity index is 361. The van der Waals surface area contributed by atoms with E-state index in [1.54, 1.807) is 6.20 Å². The molecule has 0 atom stereocenters. The molecule has 0 aliphatic rings. The number of benzene rings is 1. The van der Waals surface area contributed by atoms with E-state index in [0.717, 1.165) is 15.5 Å². The minimum Gasteiger partial charge on any atom is -0.390 e. The summed E-state index contributed by atoms with van der Waals surface area (Å²) in [4.78, 5) is 4.61. The number of thiol groups is 1. The lowest BCUT2D eigenvalue weighted by atomic mass is 10.1. The maximum absolute atomic E-state index is 5.84. The summed E-state index contributed by atoms with van der Waals surface area (Å²) in [7, 11) is 0. The van der Waals surface area contributed by atoms with E-state index in [4.69, 9.17) is 17.3 Å². The van der Waals surface area contributed by atoms with Crippen LogP contribution in [0.5, 0.6) is 0 Å². The molecule has 0 unspecified atom stereocenters. The van der Waals surface area contributed by atoms with Crippen LogP contribution in [0.1, 0.15) is 5.56 Å². The molecule has 0 bridgehead atoms. The van der Waals surface area contributed by atoms with E-state index in [2.05, 4.69) is 17.6 Å². The lowest BCUT2D eigenvalue weighted by Crippen LogP contribution is -1.87. The Morgan fingerprint density at radius 1 is 1.57 bits per heavy atom. The molecule has 0 aromatic heterocycles. The van der Waals surface area contributed by atoms with E-state index < -0.39 is 0 Å². The van der Waals surface area contributed by atoms with Gasteiger partial charge in [-0.05, 0) is 17.7 Å². The highest BCUT2D eigenvalue weighted by Crippen LogP contribution is 2.15. The third-order valence-electron chi connectivity index (χ3n) is 1.58. The monoisotopic (exact) mass is 226 g/mol. The molecule has 1 rings (SSSR count). The summed E-state index contributed by atoms with van der Waals surface area (Å²) in [6.07, 6.45) is 3.55. The van der Waals surface area contributed by atoms with Gasteiger partial charge in [0.15, 0.2) is 0 Å². The number of hydrogen-bond donors (Lipinski definition) is 2. The van der Waals surface area contributed by atoms with Gasteiger partial charge in [-0.2, -0.15) is 0 Å². The molecule has 0 amide bonds. The van der Waals surface area contributed by atoms with Crippen LogP contribution in [-0.2, 0) is 6.42 Å². The summed E-state index contributed by atoms with van der Waals surface area (Å²) in [6.45, 7) is 0. The first-order chi connectivity index (χ1) is 6.72. The summed E-state index contributed by atoms with van der Waals surface area (Å²) >= 11 is 10.1. The molecule has 0 saturated carbocycles. The van der Waals surface area contributed by atoms with Crippen LogP contribution < -0.4 is 5.73 Å². The van der Waals surface area contributed by atoms with E-state index in [9.17, 15) is 0 Å². The average Bonchev–Trinajstić information content (AvgIpc) is 2.15. The highest BCUT2D eigenvalue weighted by Gasteiger charge is 1.95. The van der Waals surface area contributed by atoms with Gasteiger partial charge in [-0.3, -0.25) is 0 Å². The Morgan fingerprint density at radius 2 is 2.36 bits per heavy atom. The first kappa shape index (κ1) is 11.1. The van der Waals surface area contributed by atoms with Crippen molar-refractivity contribution in [3.63, 3.8) is 0 Å². The Morgan fingerprint density at radius 3 is 3.00 bits per heavy atom. The molecule has 1 aromatic carbocycles. The number of aliphatic imine (C=N–C) groups is 1. The van der Waals surface area contributed by atoms with Gasteiger partial charge in [-0.25, -0.2) is 4.99 Å². The highest BCUT2D eigenvalue weighted by atomic mass is 35.5. The fraction of sp³-hybridized carbons (Fsp3) is 0.100. The zero-order valence-corrected chi connectivity index (χ0v) is 9.17. The number of nitrogens with two attached hydrogens (primary N) is 1. The Balaban J connectivity index is 2.69. The number of rotatable bonds is 3. The van der Waals surface area contributed by atoms with E-state index in [1.807, 2.05) is 24.3 Å². The predicted octanol–water partition coefficient (Wildman–Crippen LogP) is 2.64. The predicted molar refractivity (Wildman–Crippen MR) is 64.9 cm³/mol.